The first-order valence-corrected chi connectivity index (χ1v) is 12.7. The van der Waals surface area contributed by atoms with Crippen molar-refractivity contribution >= 4 is 67.2 Å². The van der Waals surface area contributed by atoms with E-state index in [1.54, 1.807) is 0 Å². The molecular formula is C35H23N3. The molecule has 178 valence electrons. The van der Waals surface area contributed by atoms with E-state index in [2.05, 4.69) is 103 Å². The number of pyridine rings is 1. The Kier molecular flexibility index (Phi) is 5.45. The second-order valence-electron chi connectivity index (χ2n) is 9.40. The van der Waals surface area contributed by atoms with E-state index in [-0.39, 0.29) is 0 Å². The molecule has 0 spiro atoms. The molecule has 0 aliphatic rings. The number of hydrogen-bond acceptors (Lipinski definition) is 3. The Labute approximate surface area is 220 Å². The summed E-state index contributed by atoms with van der Waals surface area (Å²) in [5.74, 6) is 0. The van der Waals surface area contributed by atoms with Gasteiger partial charge in [-0.25, -0.2) is 4.98 Å². The van der Waals surface area contributed by atoms with Crippen LogP contribution in [0.3, 0.4) is 0 Å². The van der Waals surface area contributed by atoms with Crippen LogP contribution in [-0.2, 0) is 0 Å². The average Bonchev–Trinajstić information content (AvgIpc) is 2.97. The molecule has 0 saturated carbocycles. The minimum Gasteiger partial charge on any atom is -0.256 e. The largest absolute Gasteiger partial charge is 0.256 e. The molecule has 0 unspecified atom stereocenters. The first kappa shape index (κ1) is 22.1. The molecule has 0 bridgehead atoms. The van der Waals surface area contributed by atoms with Crippen LogP contribution in [-0.4, -0.2) is 17.4 Å². The maximum absolute atomic E-state index is 4.96. The molecule has 7 rings (SSSR count). The SMILES string of the molecule is C(=Nc1ccc2cc3ccc(N=Cc4cccc5ccccc45)cc3nc2c1)c1cccc2ccccc12. The molecular weight excluding hydrogens is 462 g/mol. The van der Waals surface area contributed by atoms with Gasteiger partial charge in [0.25, 0.3) is 0 Å². The summed E-state index contributed by atoms with van der Waals surface area (Å²) in [5, 5.41) is 6.99. The lowest BCUT2D eigenvalue weighted by Gasteiger charge is -2.05. The molecule has 0 amide bonds. The summed E-state index contributed by atoms with van der Waals surface area (Å²) in [7, 11) is 0. The zero-order valence-electron chi connectivity index (χ0n) is 20.6. The summed E-state index contributed by atoms with van der Waals surface area (Å²) < 4.78 is 0. The molecule has 0 aliphatic carbocycles. The maximum Gasteiger partial charge on any atom is 0.0731 e. The maximum atomic E-state index is 4.96. The van der Waals surface area contributed by atoms with Crippen LogP contribution in [0.2, 0.25) is 0 Å². The molecule has 38 heavy (non-hydrogen) atoms. The van der Waals surface area contributed by atoms with Gasteiger partial charge < -0.3 is 0 Å². The van der Waals surface area contributed by atoms with Gasteiger partial charge in [-0.2, -0.15) is 0 Å². The lowest BCUT2D eigenvalue weighted by atomic mass is 10.1. The van der Waals surface area contributed by atoms with E-state index >= 15 is 0 Å². The molecule has 0 N–H and O–H groups in total. The third-order valence-electron chi connectivity index (χ3n) is 6.93. The highest BCUT2D eigenvalue weighted by Gasteiger charge is 2.04. The molecule has 0 saturated heterocycles. The fourth-order valence-electron chi connectivity index (χ4n) is 4.97. The normalized spacial score (nSPS) is 12.0. The minimum atomic E-state index is 0.877. The van der Waals surface area contributed by atoms with Crippen LogP contribution < -0.4 is 0 Å². The van der Waals surface area contributed by atoms with Gasteiger partial charge in [0.15, 0.2) is 0 Å². The number of hydrogen-bond donors (Lipinski definition) is 0. The lowest BCUT2D eigenvalue weighted by Crippen LogP contribution is -1.85. The summed E-state index contributed by atoms with van der Waals surface area (Å²) >= 11 is 0. The number of rotatable bonds is 4. The molecule has 0 fully saturated rings. The van der Waals surface area contributed by atoms with Crippen LogP contribution in [0.1, 0.15) is 11.1 Å². The van der Waals surface area contributed by atoms with Crippen molar-refractivity contribution < 1.29 is 0 Å². The Balaban J connectivity index is 1.22. The number of aliphatic imine (C=N–C) groups is 2. The van der Waals surface area contributed by atoms with E-state index < -0.39 is 0 Å². The van der Waals surface area contributed by atoms with E-state index in [0.29, 0.717) is 0 Å². The van der Waals surface area contributed by atoms with Gasteiger partial charge in [0, 0.05) is 34.3 Å². The Morgan fingerprint density at radius 2 is 0.895 bits per heavy atom. The second kappa shape index (κ2) is 9.38. The smallest absolute Gasteiger partial charge is 0.0731 e. The summed E-state index contributed by atoms with van der Waals surface area (Å²) in [4.78, 5) is 14.5. The molecule has 7 aromatic rings. The molecule has 1 aromatic heterocycles. The first-order chi connectivity index (χ1) is 18.8. The zero-order valence-corrected chi connectivity index (χ0v) is 20.6. The Bertz CT molecular complexity index is 1880. The van der Waals surface area contributed by atoms with Gasteiger partial charge >= 0.3 is 0 Å². The van der Waals surface area contributed by atoms with Crippen molar-refractivity contribution in [1.82, 2.24) is 4.98 Å². The highest BCUT2D eigenvalue weighted by atomic mass is 14.7. The van der Waals surface area contributed by atoms with Crippen LogP contribution in [0, 0.1) is 0 Å². The van der Waals surface area contributed by atoms with Crippen LogP contribution in [0.5, 0.6) is 0 Å². The van der Waals surface area contributed by atoms with Gasteiger partial charge in [-0.15, -0.1) is 0 Å². The van der Waals surface area contributed by atoms with Crippen molar-refractivity contribution in [3.05, 3.63) is 139 Å². The van der Waals surface area contributed by atoms with Crippen LogP contribution in [0.15, 0.2) is 137 Å². The standard InChI is InChI=1S/C35H23N3/c1-3-13-32-24(7-1)9-5-11-28(32)22-36-30-17-15-26-19-27-16-18-31(21-35(27)38-34(26)20-30)37-23-29-12-6-10-25-8-2-4-14-33(25)29/h1-23H. The minimum absolute atomic E-state index is 0.877. The monoisotopic (exact) mass is 485 g/mol. The van der Waals surface area contributed by atoms with Gasteiger partial charge in [-0.1, -0.05) is 97.1 Å². The summed E-state index contributed by atoms with van der Waals surface area (Å²) in [6.45, 7) is 0. The van der Waals surface area contributed by atoms with Crippen LogP contribution >= 0.6 is 0 Å². The van der Waals surface area contributed by atoms with E-state index in [9.17, 15) is 0 Å². The molecule has 6 aromatic carbocycles. The highest BCUT2D eigenvalue weighted by Crippen LogP contribution is 2.27. The average molecular weight is 486 g/mol. The van der Waals surface area contributed by atoms with Crippen molar-refractivity contribution in [2.45, 2.75) is 0 Å². The van der Waals surface area contributed by atoms with Gasteiger partial charge in [0.05, 0.1) is 22.4 Å². The summed E-state index contributed by atoms with van der Waals surface area (Å²) in [5.41, 5.74) is 5.79. The van der Waals surface area contributed by atoms with Gasteiger partial charge in [-0.05, 0) is 51.9 Å². The lowest BCUT2D eigenvalue weighted by molar-refractivity contribution is 1.46. The van der Waals surface area contributed by atoms with Crippen molar-refractivity contribution in [3.63, 3.8) is 0 Å². The highest BCUT2D eigenvalue weighted by molar-refractivity contribution is 6.02. The number of nitrogens with zero attached hydrogens (tertiary/aromatic N) is 3. The Morgan fingerprint density at radius 3 is 1.42 bits per heavy atom. The topological polar surface area (TPSA) is 37.6 Å². The van der Waals surface area contributed by atoms with Crippen LogP contribution in [0.4, 0.5) is 11.4 Å². The third kappa shape index (κ3) is 4.21. The molecule has 0 atom stereocenters. The molecule has 3 heteroatoms. The van der Waals surface area contributed by atoms with Crippen molar-refractivity contribution in [2.24, 2.45) is 9.98 Å². The predicted molar refractivity (Wildman–Crippen MR) is 162 cm³/mol. The molecule has 3 nitrogen and oxygen atoms in total. The zero-order chi connectivity index (χ0) is 25.3. The number of aromatic nitrogens is 1. The summed E-state index contributed by atoms with van der Waals surface area (Å²) in [6, 6.07) is 43.8. The van der Waals surface area contributed by atoms with Gasteiger partial charge in [-0.3, -0.25) is 9.98 Å². The summed E-state index contributed by atoms with van der Waals surface area (Å²) in [6.07, 6.45) is 3.87. The van der Waals surface area contributed by atoms with Crippen molar-refractivity contribution in [3.8, 4) is 0 Å². The predicted octanol–water partition coefficient (Wildman–Crippen LogP) is 9.20. The molecule has 1 heterocycles. The van der Waals surface area contributed by atoms with E-state index in [0.717, 1.165) is 44.3 Å². The van der Waals surface area contributed by atoms with Crippen molar-refractivity contribution in [1.29, 1.82) is 0 Å². The fourth-order valence-corrected chi connectivity index (χ4v) is 4.97. The Hall–Kier alpha value is -5.15. The van der Waals surface area contributed by atoms with E-state index in [4.69, 9.17) is 15.0 Å². The fraction of sp³-hybridized carbons (Fsp3) is 0. The number of fused-ring (bicyclic) bond motifs is 4. The third-order valence-corrected chi connectivity index (χ3v) is 6.93. The van der Waals surface area contributed by atoms with Crippen molar-refractivity contribution in [2.75, 3.05) is 0 Å². The van der Waals surface area contributed by atoms with E-state index in [1.807, 2.05) is 36.7 Å². The molecule has 0 aliphatic heterocycles. The van der Waals surface area contributed by atoms with Crippen LogP contribution in [0.25, 0.3) is 43.4 Å². The van der Waals surface area contributed by atoms with Gasteiger partial charge in [0.2, 0.25) is 0 Å². The quantitative estimate of drug-likeness (QED) is 0.181. The van der Waals surface area contributed by atoms with Gasteiger partial charge in [0.1, 0.15) is 0 Å². The Morgan fingerprint density at radius 1 is 0.421 bits per heavy atom. The second-order valence-corrected chi connectivity index (χ2v) is 9.40. The molecule has 0 radical (unpaired) electrons. The number of benzene rings is 6. The first-order valence-electron chi connectivity index (χ1n) is 12.7. The van der Waals surface area contributed by atoms with E-state index in [1.165, 1.54) is 21.5 Å².